The van der Waals surface area contributed by atoms with E-state index in [0.717, 1.165) is 5.56 Å². The average Bonchev–Trinajstić information content (AvgIpc) is 3.20. The molecule has 1 heterocycles. The van der Waals surface area contributed by atoms with Crippen molar-refractivity contribution in [1.29, 1.82) is 0 Å². The molecule has 3 rings (SSSR count). The summed E-state index contributed by atoms with van der Waals surface area (Å²) in [6, 6.07) is 20.0. The lowest BCUT2D eigenvalue weighted by atomic mass is 9.95. The number of hydrogen-bond acceptors (Lipinski definition) is 3. The van der Waals surface area contributed by atoms with Crippen molar-refractivity contribution in [2.45, 2.75) is 19.3 Å². The van der Waals surface area contributed by atoms with Gasteiger partial charge in [-0.15, -0.1) is 0 Å². The van der Waals surface area contributed by atoms with E-state index >= 15 is 0 Å². The first kappa shape index (κ1) is 17.5. The van der Waals surface area contributed by atoms with E-state index in [4.69, 9.17) is 4.42 Å². The van der Waals surface area contributed by atoms with Crippen molar-refractivity contribution >= 4 is 23.2 Å². The average molecular weight is 348 g/mol. The Labute approximate surface area is 152 Å². The molecule has 1 atom stereocenters. The first-order valence-corrected chi connectivity index (χ1v) is 8.48. The highest BCUT2D eigenvalue weighted by Crippen LogP contribution is 2.22. The van der Waals surface area contributed by atoms with Crippen molar-refractivity contribution in [2.75, 3.05) is 10.6 Å². The molecule has 1 aromatic heterocycles. The van der Waals surface area contributed by atoms with Gasteiger partial charge in [0, 0.05) is 11.4 Å². The molecule has 2 N–H and O–H groups in total. The molecule has 3 aromatic rings. The van der Waals surface area contributed by atoms with Crippen molar-refractivity contribution in [3.8, 4) is 0 Å². The minimum absolute atomic E-state index is 0.0499. The zero-order chi connectivity index (χ0) is 18.4. The van der Waals surface area contributed by atoms with Gasteiger partial charge in [-0.1, -0.05) is 37.3 Å². The molecule has 0 saturated carbocycles. The van der Waals surface area contributed by atoms with E-state index < -0.39 is 0 Å². The molecule has 132 valence electrons. The molecule has 0 aliphatic heterocycles. The summed E-state index contributed by atoms with van der Waals surface area (Å²) in [5, 5.41) is 5.67. The van der Waals surface area contributed by atoms with E-state index in [2.05, 4.69) is 10.6 Å². The maximum absolute atomic E-state index is 12.6. The smallest absolute Gasteiger partial charge is 0.291 e. The van der Waals surface area contributed by atoms with Gasteiger partial charge in [-0.25, -0.2) is 0 Å². The van der Waals surface area contributed by atoms with Crippen LogP contribution in [0, 0.1) is 0 Å². The van der Waals surface area contributed by atoms with Crippen LogP contribution in [0.4, 0.5) is 11.4 Å². The van der Waals surface area contributed by atoms with E-state index in [-0.39, 0.29) is 23.5 Å². The fourth-order valence-corrected chi connectivity index (χ4v) is 2.72. The third kappa shape index (κ3) is 4.19. The summed E-state index contributed by atoms with van der Waals surface area (Å²) in [5.41, 5.74) is 2.30. The van der Waals surface area contributed by atoms with Gasteiger partial charge in [0.05, 0.1) is 12.2 Å². The van der Waals surface area contributed by atoms with Crippen LogP contribution < -0.4 is 10.6 Å². The first-order chi connectivity index (χ1) is 12.7. The van der Waals surface area contributed by atoms with Gasteiger partial charge in [0.15, 0.2) is 5.76 Å². The Kier molecular flexibility index (Phi) is 5.49. The lowest BCUT2D eigenvalue weighted by Gasteiger charge is -2.15. The van der Waals surface area contributed by atoms with Crippen LogP contribution in [0.15, 0.2) is 77.4 Å². The maximum atomic E-state index is 12.6. The van der Waals surface area contributed by atoms with Crippen LogP contribution >= 0.6 is 0 Å². The summed E-state index contributed by atoms with van der Waals surface area (Å²) in [5.74, 6) is -0.321. The van der Waals surface area contributed by atoms with Crippen LogP contribution in [0.1, 0.15) is 35.4 Å². The minimum atomic E-state index is -0.318. The maximum Gasteiger partial charge on any atom is 0.291 e. The summed E-state index contributed by atoms with van der Waals surface area (Å²) >= 11 is 0. The Morgan fingerprint density at radius 2 is 1.54 bits per heavy atom. The Morgan fingerprint density at radius 1 is 0.885 bits per heavy atom. The summed E-state index contributed by atoms with van der Waals surface area (Å²) in [4.78, 5) is 24.5. The van der Waals surface area contributed by atoms with Gasteiger partial charge in [0.2, 0.25) is 5.91 Å². The standard InChI is InChI=1S/C21H20N2O3/c1-2-18(15-7-4-3-5-8-15)20(24)22-16-10-12-17(13-11-16)23-21(25)19-9-6-14-26-19/h3-14,18H,2H2,1H3,(H,22,24)(H,23,25)/t18-/m0/s1. The van der Waals surface area contributed by atoms with Crippen molar-refractivity contribution < 1.29 is 14.0 Å². The van der Waals surface area contributed by atoms with Crippen LogP contribution in [0.3, 0.4) is 0 Å². The molecular weight excluding hydrogens is 328 g/mol. The second-order valence-corrected chi connectivity index (χ2v) is 5.87. The van der Waals surface area contributed by atoms with Gasteiger partial charge in [0.1, 0.15) is 0 Å². The van der Waals surface area contributed by atoms with Gasteiger partial charge < -0.3 is 15.1 Å². The molecular formula is C21H20N2O3. The van der Waals surface area contributed by atoms with E-state index in [9.17, 15) is 9.59 Å². The largest absolute Gasteiger partial charge is 0.459 e. The zero-order valence-corrected chi connectivity index (χ0v) is 14.4. The third-order valence-corrected chi connectivity index (χ3v) is 4.08. The number of amides is 2. The lowest BCUT2D eigenvalue weighted by molar-refractivity contribution is -0.117. The van der Waals surface area contributed by atoms with Crippen LogP contribution in [0.25, 0.3) is 0 Å². The number of nitrogens with one attached hydrogen (secondary N) is 2. The first-order valence-electron chi connectivity index (χ1n) is 8.48. The summed E-state index contributed by atoms with van der Waals surface area (Å²) in [7, 11) is 0. The van der Waals surface area contributed by atoms with Gasteiger partial charge in [-0.3, -0.25) is 9.59 Å². The predicted molar refractivity (Wildman–Crippen MR) is 101 cm³/mol. The molecule has 5 heteroatoms. The molecule has 26 heavy (non-hydrogen) atoms. The monoisotopic (exact) mass is 348 g/mol. The van der Waals surface area contributed by atoms with E-state index in [1.165, 1.54) is 6.26 Å². The quantitative estimate of drug-likeness (QED) is 0.680. The van der Waals surface area contributed by atoms with E-state index in [1.54, 1.807) is 36.4 Å². The molecule has 0 aliphatic carbocycles. The van der Waals surface area contributed by atoms with E-state index in [0.29, 0.717) is 17.8 Å². The number of carbonyl (C=O) groups excluding carboxylic acids is 2. The topological polar surface area (TPSA) is 71.3 Å². The fraction of sp³-hybridized carbons (Fsp3) is 0.143. The second-order valence-electron chi connectivity index (χ2n) is 5.87. The molecule has 0 radical (unpaired) electrons. The van der Waals surface area contributed by atoms with Gasteiger partial charge in [0.25, 0.3) is 5.91 Å². The van der Waals surface area contributed by atoms with Gasteiger partial charge in [-0.05, 0) is 48.4 Å². The third-order valence-electron chi connectivity index (χ3n) is 4.08. The Bertz CT molecular complexity index is 856. The zero-order valence-electron chi connectivity index (χ0n) is 14.4. The molecule has 0 bridgehead atoms. The summed E-state index contributed by atoms with van der Waals surface area (Å²) < 4.78 is 5.06. The summed E-state index contributed by atoms with van der Waals surface area (Å²) in [6.45, 7) is 1.99. The molecule has 0 spiro atoms. The van der Waals surface area contributed by atoms with Crippen molar-refractivity contribution in [1.82, 2.24) is 0 Å². The van der Waals surface area contributed by atoms with E-state index in [1.807, 2.05) is 37.3 Å². The molecule has 5 nitrogen and oxygen atoms in total. The molecule has 0 unspecified atom stereocenters. The highest BCUT2D eigenvalue weighted by Gasteiger charge is 2.18. The van der Waals surface area contributed by atoms with Crippen LogP contribution in [0.2, 0.25) is 0 Å². The molecule has 0 fully saturated rings. The van der Waals surface area contributed by atoms with Crippen molar-refractivity contribution in [3.63, 3.8) is 0 Å². The number of benzene rings is 2. The molecule has 0 saturated heterocycles. The van der Waals surface area contributed by atoms with Crippen molar-refractivity contribution in [3.05, 3.63) is 84.3 Å². The number of rotatable bonds is 6. The number of carbonyl (C=O) groups is 2. The normalized spacial score (nSPS) is 11.6. The van der Waals surface area contributed by atoms with Crippen molar-refractivity contribution in [2.24, 2.45) is 0 Å². The SMILES string of the molecule is CC[C@H](C(=O)Nc1ccc(NC(=O)c2ccco2)cc1)c1ccccc1. The van der Waals surface area contributed by atoms with Gasteiger partial charge in [-0.2, -0.15) is 0 Å². The Hall–Kier alpha value is -3.34. The second kappa shape index (κ2) is 8.16. The highest BCUT2D eigenvalue weighted by molar-refractivity contribution is 6.02. The number of hydrogen-bond donors (Lipinski definition) is 2. The fourth-order valence-electron chi connectivity index (χ4n) is 2.72. The molecule has 0 aliphatic rings. The predicted octanol–water partition coefficient (Wildman–Crippen LogP) is 4.66. The van der Waals surface area contributed by atoms with Crippen LogP contribution in [-0.4, -0.2) is 11.8 Å². The van der Waals surface area contributed by atoms with Crippen LogP contribution in [-0.2, 0) is 4.79 Å². The number of furan rings is 1. The Morgan fingerprint density at radius 3 is 2.12 bits per heavy atom. The molecule has 2 amide bonds. The highest BCUT2D eigenvalue weighted by atomic mass is 16.3. The lowest BCUT2D eigenvalue weighted by Crippen LogP contribution is -2.20. The Balaban J connectivity index is 1.63. The number of anilines is 2. The minimum Gasteiger partial charge on any atom is -0.459 e. The van der Waals surface area contributed by atoms with Crippen LogP contribution in [0.5, 0.6) is 0 Å². The summed E-state index contributed by atoms with van der Waals surface area (Å²) in [6.07, 6.45) is 2.16. The molecule has 2 aromatic carbocycles. The van der Waals surface area contributed by atoms with Gasteiger partial charge >= 0.3 is 0 Å².